The molecule has 1 aromatic carbocycles. The van der Waals surface area contributed by atoms with Crippen LogP contribution in [0.3, 0.4) is 0 Å². The molecule has 1 fully saturated rings. The van der Waals surface area contributed by atoms with Gasteiger partial charge in [0, 0.05) is 18.3 Å². The Hall–Kier alpha value is -1.07. The van der Waals surface area contributed by atoms with E-state index >= 15 is 0 Å². The van der Waals surface area contributed by atoms with Crippen molar-refractivity contribution in [2.45, 2.75) is 37.1 Å². The van der Waals surface area contributed by atoms with Gasteiger partial charge >= 0.3 is 0 Å². The van der Waals surface area contributed by atoms with E-state index in [4.69, 9.17) is 4.74 Å². The Morgan fingerprint density at radius 1 is 1.32 bits per heavy atom. The van der Waals surface area contributed by atoms with Crippen molar-refractivity contribution in [1.29, 1.82) is 0 Å². The average molecular weight is 283 g/mol. The summed E-state index contributed by atoms with van der Waals surface area (Å²) in [7, 11) is -3.11. The fourth-order valence-electron chi connectivity index (χ4n) is 2.24. The molecule has 1 atom stereocenters. The van der Waals surface area contributed by atoms with Gasteiger partial charge in [-0.3, -0.25) is 0 Å². The predicted molar refractivity (Wildman–Crippen MR) is 76.2 cm³/mol. The molecule has 0 aromatic heterocycles. The molecule has 1 unspecified atom stereocenters. The van der Waals surface area contributed by atoms with Crippen LogP contribution >= 0.6 is 0 Å². The lowest BCUT2D eigenvalue weighted by Gasteiger charge is -2.24. The first-order valence-electron chi connectivity index (χ1n) is 6.79. The zero-order chi connectivity index (χ0) is 13.7. The Morgan fingerprint density at radius 2 is 2.05 bits per heavy atom. The normalized spacial score (nSPS) is 20.2. The maximum absolute atomic E-state index is 11.9. The van der Waals surface area contributed by atoms with Crippen LogP contribution in [-0.4, -0.2) is 33.4 Å². The van der Waals surface area contributed by atoms with Crippen molar-refractivity contribution in [3.8, 4) is 0 Å². The molecule has 0 aliphatic carbocycles. The first-order valence-corrected chi connectivity index (χ1v) is 8.44. The highest BCUT2D eigenvalue weighted by atomic mass is 32.2. The highest BCUT2D eigenvalue weighted by Gasteiger charge is 2.15. The van der Waals surface area contributed by atoms with Gasteiger partial charge in [0.25, 0.3) is 0 Å². The number of anilines is 1. The van der Waals surface area contributed by atoms with Crippen molar-refractivity contribution in [2.75, 3.05) is 24.3 Å². The van der Waals surface area contributed by atoms with E-state index in [1.165, 1.54) is 0 Å². The van der Waals surface area contributed by atoms with Crippen molar-refractivity contribution in [3.05, 3.63) is 24.3 Å². The third-order valence-electron chi connectivity index (χ3n) is 3.22. The largest absolute Gasteiger partial charge is 0.380 e. The predicted octanol–water partition coefficient (Wildman–Crippen LogP) is 2.46. The van der Waals surface area contributed by atoms with Gasteiger partial charge in [-0.25, -0.2) is 8.42 Å². The van der Waals surface area contributed by atoms with Gasteiger partial charge in [-0.05, 0) is 43.5 Å². The lowest BCUT2D eigenvalue weighted by molar-refractivity contribution is 0.0876. The number of benzene rings is 1. The molecule has 0 bridgehead atoms. The monoisotopic (exact) mass is 283 g/mol. The van der Waals surface area contributed by atoms with Crippen LogP contribution in [0.4, 0.5) is 5.69 Å². The zero-order valence-electron chi connectivity index (χ0n) is 11.3. The molecule has 1 aliphatic rings. The van der Waals surface area contributed by atoms with E-state index in [1.807, 2.05) is 19.1 Å². The van der Waals surface area contributed by atoms with Crippen molar-refractivity contribution in [3.63, 3.8) is 0 Å². The standard InChI is InChI=1S/C14H21NO3S/c1-2-10-19(16,17)14-7-5-12(6-8-14)15-13-4-3-9-18-11-13/h5-8,13,15H,2-4,9-11H2,1H3. The van der Waals surface area contributed by atoms with E-state index in [9.17, 15) is 8.42 Å². The molecule has 1 heterocycles. The number of sulfone groups is 1. The van der Waals surface area contributed by atoms with Crippen LogP contribution < -0.4 is 5.32 Å². The number of ether oxygens (including phenoxy) is 1. The second-order valence-corrected chi connectivity index (χ2v) is 7.01. The van der Waals surface area contributed by atoms with Crippen molar-refractivity contribution in [2.24, 2.45) is 0 Å². The lowest BCUT2D eigenvalue weighted by atomic mass is 10.1. The highest BCUT2D eigenvalue weighted by Crippen LogP contribution is 2.18. The minimum absolute atomic E-state index is 0.205. The van der Waals surface area contributed by atoms with Gasteiger partial charge in [-0.2, -0.15) is 0 Å². The number of rotatable bonds is 5. The smallest absolute Gasteiger partial charge is 0.178 e. The third-order valence-corrected chi connectivity index (χ3v) is 5.15. The van der Waals surface area contributed by atoms with Crippen LogP contribution in [-0.2, 0) is 14.6 Å². The molecule has 0 amide bonds. The minimum atomic E-state index is -3.11. The summed E-state index contributed by atoms with van der Waals surface area (Å²) in [6, 6.07) is 7.34. The van der Waals surface area contributed by atoms with E-state index < -0.39 is 9.84 Å². The Balaban J connectivity index is 2.01. The quantitative estimate of drug-likeness (QED) is 0.902. The number of hydrogen-bond acceptors (Lipinski definition) is 4. The Kier molecular flexibility index (Phi) is 4.82. The molecule has 0 spiro atoms. The molecule has 0 radical (unpaired) electrons. The molecular formula is C14H21NO3S. The Labute approximate surface area is 115 Å². The summed E-state index contributed by atoms with van der Waals surface area (Å²) in [5.41, 5.74) is 0.950. The Bertz CT molecular complexity index is 490. The maximum atomic E-state index is 11.9. The van der Waals surface area contributed by atoms with Crippen LogP contribution in [0.15, 0.2) is 29.2 Å². The molecule has 1 saturated heterocycles. The van der Waals surface area contributed by atoms with E-state index in [1.54, 1.807) is 12.1 Å². The van der Waals surface area contributed by atoms with Gasteiger partial charge < -0.3 is 10.1 Å². The second-order valence-electron chi connectivity index (χ2n) is 4.90. The van der Waals surface area contributed by atoms with Gasteiger partial charge in [0.15, 0.2) is 9.84 Å². The summed E-state index contributed by atoms with van der Waals surface area (Å²) in [6.07, 6.45) is 2.80. The van der Waals surface area contributed by atoms with Gasteiger partial charge in [0.1, 0.15) is 0 Å². The fraction of sp³-hybridized carbons (Fsp3) is 0.571. The SMILES string of the molecule is CCCS(=O)(=O)c1ccc(NC2CCCOC2)cc1. The molecule has 4 nitrogen and oxygen atoms in total. The summed E-state index contributed by atoms with van der Waals surface area (Å²) >= 11 is 0. The molecule has 5 heteroatoms. The molecule has 1 N–H and O–H groups in total. The number of hydrogen-bond donors (Lipinski definition) is 1. The van der Waals surface area contributed by atoms with Crippen LogP contribution in [0.25, 0.3) is 0 Å². The van der Waals surface area contributed by atoms with Crippen LogP contribution in [0, 0.1) is 0 Å². The first-order chi connectivity index (χ1) is 9.12. The summed E-state index contributed by atoms with van der Waals surface area (Å²) in [5.74, 6) is 0.205. The number of nitrogens with one attached hydrogen (secondary N) is 1. The summed E-state index contributed by atoms with van der Waals surface area (Å²) in [5, 5.41) is 3.37. The van der Waals surface area contributed by atoms with Crippen molar-refractivity contribution >= 4 is 15.5 Å². The van der Waals surface area contributed by atoms with Crippen molar-refractivity contribution in [1.82, 2.24) is 0 Å². The van der Waals surface area contributed by atoms with E-state index in [0.717, 1.165) is 31.7 Å². The molecule has 19 heavy (non-hydrogen) atoms. The van der Waals surface area contributed by atoms with E-state index in [0.29, 0.717) is 17.4 Å². The topological polar surface area (TPSA) is 55.4 Å². The van der Waals surface area contributed by atoms with Gasteiger partial charge in [0.05, 0.1) is 17.3 Å². The average Bonchev–Trinajstić information content (AvgIpc) is 2.40. The maximum Gasteiger partial charge on any atom is 0.178 e. The van der Waals surface area contributed by atoms with Crippen molar-refractivity contribution < 1.29 is 13.2 Å². The first kappa shape index (κ1) is 14.3. The van der Waals surface area contributed by atoms with Crippen LogP contribution in [0.5, 0.6) is 0 Å². The fourth-order valence-corrected chi connectivity index (χ4v) is 3.56. The van der Waals surface area contributed by atoms with Crippen LogP contribution in [0.1, 0.15) is 26.2 Å². The Morgan fingerprint density at radius 3 is 2.63 bits per heavy atom. The molecule has 1 aliphatic heterocycles. The summed E-state index contributed by atoms with van der Waals surface area (Å²) < 4.78 is 29.2. The van der Waals surface area contributed by atoms with E-state index in [2.05, 4.69) is 5.32 Å². The molecule has 1 aromatic rings. The zero-order valence-corrected chi connectivity index (χ0v) is 12.1. The molecule has 2 rings (SSSR count). The molecule has 106 valence electrons. The minimum Gasteiger partial charge on any atom is -0.380 e. The molecular weight excluding hydrogens is 262 g/mol. The van der Waals surface area contributed by atoms with Gasteiger partial charge in [0.2, 0.25) is 0 Å². The lowest BCUT2D eigenvalue weighted by Crippen LogP contribution is -2.29. The van der Waals surface area contributed by atoms with Gasteiger partial charge in [-0.15, -0.1) is 0 Å². The highest BCUT2D eigenvalue weighted by molar-refractivity contribution is 7.91. The second kappa shape index (κ2) is 6.39. The molecule has 0 saturated carbocycles. The van der Waals surface area contributed by atoms with E-state index in [-0.39, 0.29) is 5.75 Å². The van der Waals surface area contributed by atoms with Crippen LogP contribution in [0.2, 0.25) is 0 Å². The third kappa shape index (κ3) is 3.94. The summed E-state index contributed by atoms with van der Waals surface area (Å²) in [6.45, 7) is 3.43. The van der Waals surface area contributed by atoms with Gasteiger partial charge in [-0.1, -0.05) is 6.92 Å². The summed E-state index contributed by atoms with van der Waals surface area (Å²) in [4.78, 5) is 0.403.